The molecule has 1 aliphatic heterocycles. The van der Waals surface area contributed by atoms with Crippen LogP contribution >= 0.6 is 0 Å². The van der Waals surface area contributed by atoms with Crippen LogP contribution in [0.1, 0.15) is 20.3 Å². The SMILES string of the molecule is CCOCC1CCN(C(C)=O)C1. The molecule has 1 atom stereocenters. The number of rotatable bonds is 3. The highest BCUT2D eigenvalue weighted by atomic mass is 16.5. The summed E-state index contributed by atoms with van der Waals surface area (Å²) in [5, 5.41) is 0. The summed E-state index contributed by atoms with van der Waals surface area (Å²) in [6.45, 7) is 7.00. The van der Waals surface area contributed by atoms with Gasteiger partial charge in [-0.2, -0.15) is 0 Å². The normalized spacial score (nSPS) is 23.2. The Morgan fingerprint density at radius 3 is 2.92 bits per heavy atom. The summed E-state index contributed by atoms with van der Waals surface area (Å²) in [4.78, 5) is 12.8. The molecular weight excluding hydrogens is 154 g/mol. The van der Waals surface area contributed by atoms with Crippen LogP contribution in [0.3, 0.4) is 0 Å². The number of amides is 1. The third kappa shape index (κ3) is 2.48. The zero-order valence-electron chi connectivity index (χ0n) is 7.88. The first kappa shape index (κ1) is 9.52. The minimum atomic E-state index is 0.189. The van der Waals surface area contributed by atoms with Crippen molar-refractivity contribution in [1.29, 1.82) is 0 Å². The van der Waals surface area contributed by atoms with Gasteiger partial charge >= 0.3 is 0 Å². The van der Waals surface area contributed by atoms with Crippen LogP contribution in [0.25, 0.3) is 0 Å². The van der Waals surface area contributed by atoms with E-state index in [1.807, 2.05) is 11.8 Å². The molecule has 0 aliphatic carbocycles. The lowest BCUT2D eigenvalue weighted by Gasteiger charge is -2.13. The first-order valence-corrected chi connectivity index (χ1v) is 4.57. The molecule has 0 saturated carbocycles. The molecule has 0 aromatic heterocycles. The van der Waals surface area contributed by atoms with Gasteiger partial charge in [-0.05, 0) is 13.3 Å². The number of hydrogen-bond donors (Lipinski definition) is 0. The number of hydrogen-bond acceptors (Lipinski definition) is 2. The topological polar surface area (TPSA) is 29.5 Å². The summed E-state index contributed by atoms with van der Waals surface area (Å²) >= 11 is 0. The molecule has 3 nitrogen and oxygen atoms in total. The van der Waals surface area contributed by atoms with Crippen LogP contribution in [0.5, 0.6) is 0 Å². The summed E-state index contributed by atoms with van der Waals surface area (Å²) in [6, 6.07) is 0. The number of ether oxygens (including phenoxy) is 1. The fourth-order valence-electron chi connectivity index (χ4n) is 1.54. The van der Waals surface area contributed by atoms with Crippen molar-refractivity contribution in [2.45, 2.75) is 20.3 Å². The minimum Gasteiger partial charge on any atom is -0.381 e. The predicted molar refractivity (Wildman–Crippen MR) is 46.9 cm³/mol. The average Bonchev–Trinajstić information content (AvgIpc) is 2.48. The molecular formula is C9H17NO2. The van der Waals surface area contributed by atoms with Gasteiger partial charge in [0.2, 0.25) is 5.91 Å². The van der Waals surface area contributed by atoms with Gasteiger partial charge in [0, 0.05) is 32.5 Å². The van der Waals surface area contributed by atoms with Crippen molar-refractivity contribution in [2.24, 2.45) is 5.92 Å². The number of likely N-dealkylation sites (tertiary alicyclic amines) is 1. The summed E-state index contributed by atoms with van der Waals surface area (Å²) < 4.78 is 5.31. The van der Waals surface area contributed by atoms with Gasteiger partial charge in [0.25, 0.3) is 0 Å². The molecule has 1 aliphatic rings. The minimum absolute atomic E-state index is 0.189. The van der Waals surface area contributed by atoms with E-state index in [9.17, 15) is 4.79 Å². The molecule has 0 aromatic rings. The van der Waals surface area contributed by atoms with E-state index in [4.69, 9.17) is 4.74 Å². The molecule has 0 spiro atoms. The second-order valence-electron chi connectivity index (χ2n) is 3.28. The lowest BCUT2D eigenvalue weighted by Crippen LogP contribution is -2.26. The van der Waals surface area contributed by atoms with E-state index in [-0.39, 0.29) is 5.91 Å². The largest absolute Gasteiger partial charge is 0.381 e. The quantitative estimate of drug-likeness (QED) is 0.631. The van der Waals surface area contributed by atoms with Crippen molar-refractivity contribution in [3.05, 3.63) is 0 Å². The van der Waals surface area contributed by atoms with E-state index in [2.05, 4.69) is 0 Å². The van der Waals surface area contributed by atoms with Crippen LogP contribution < -0.4 is 0 Å². The van der Waals surface area contributed by atoms with Gasteiger partial charge in [-0.15, -0.1) is 0 Å². The smallest absolute Gasteiger partial charge is 0.219 e. The van der Waals surface area contributed by atoms with Crippen LogP contribution in [0.4, 0.5) is 0 Å². The number of carbonyl (C=O) groups excluding carboxylic acids is 1. The van der Waals surface area contributed by atoms with Gasteiger partial charge in [0.05, 0.1) is 6.61 Å². The summed E-state index contributed by atoms with van der Waals surface area (Å²) in [6.07, 6.45) is 1.10. The van der Waals surface area contributed by atoms with Crippen molar-refractivity contribution in [3.8, 4) is 0 Å². The van der Waals surface area contributed by atoms with Crippen LogP contribution in [-0.4, -0.2) is 37.1 Å². The summed E-state index contributed by atoms with van der Waals surface area (Å²) in [7, 11) is 0. The molecule has 1 saturated heterocycles. The maximum atomic E-state index is 11.0. The van der Waals surface area contributed by atoms with E-state index < -0.39 is 0 Å². The fourth-order valence-corrected chi connectivity index (χ4v) is 1.54. The van der Waals surface area contributed by atoms with Crippen molar-refractivity contribution in [1.82, 2.24) is 4.90 Å². The first-order chi connectivity index (χ1) is 5.74. The monoisotopic (exact) mass is 171 g/mol. The zero-order chi connectivity index (χ0) is 8.97. The Kier molecular flexibility index (Phi) is 3.53. The molecule has 1 amide bonds. The van der Waals surface area contributed by atoms with Crippen LogP contribution in [0, 0.1) is 5.92 Å². The van der Waals surface area contributed by atoms with Crippen molar-refractivity contribution in [3.63, 3.8) is 0 Å². The second-order valence-corrected chi connectivity index (χ2v) is 3.28. The highest BCUT2D eigenvalue weighted by Crippen LogP contribution is 2.16. The van der Waals surface area contributed by atoms with Gasteiger partial charge in [-0.25, -0.2) is 0 Å². The molecule has 0 N–H and O–H groups in total. The summed E-state index contributed by atoms with van der Waals surface area (Å²) in [5.41, 5.74) is 0. The van der Waals surface area contributed by atoms with Crippen molar-refractivity contribution < 1.29 is 9.53 Å². The Labute approximate surface area is 73.7 Å². The highest BCUT2D eigenvalue weighted by molar-refractivity contribution is 5.73. The molecule has 0 aromatic carbocycles. The third-order valence-corrected chi connectivity index (χ3v) is 2.29. The second kappa shape index (κ2) is 4.45. The van der Waals surface area contributed by atoms with E-state index in [1.165, 1.54) is 0 Å². The number of nitrogens with zero attached hydrogens (tertiary/aromatic N) is 1. The third-order valence-electron chi connectivity index (χ3n) is 2.29. The molecule has 12 heavy (non-hydrogen) atoms. The van der Waals surface area contributed by atoms with Crippen LogP contribution in [0.15, 0.2) is 0 Å². The fraction of sp³-hybridized carbons (Fsp3) is 0.889. The molecule has 1 fully saturated rings. The van der Waals surface area contributed by atoms with E-state index >= 15 is 0 Å². The molecule has 3 heteroatoms. The molecule has 1 heterocycles. The van der Waals surface area contributed by atoms with E-state index in [1.54, 1.807) is 6.92 Å². The van der Waals surface area contributed by atoms with Gasteiger partial charge < -0.3 is 9.64 Å². The standard InChI is InChI=1S/C9H17NO2/c1-3-12-7-9-4-5-10(6-9)8(2)11/h9H,3-7H2,1-2H3. The van der Waals surface area contributed by atoms with E-state index in [0.29, 0.717) is 5.92 Å². The lowest BCUT2D eigenvalue weighted by molar-refractivity contribution is -0.127. The molecule has 0 bridgehead atoms. The highest BCUT2D eigenvalue weighted by Gasteiger charge is 2.23. The van der Waals surface area contributed by atoms with Crippen molar-refractivity contribution in [2.75, 3.05) is 26.3 Å². The Morgan fingerprint density at radius 1 is 1.67 bits per heavy atom. The lowest BCUT2D eigenvalue weighted by atomic mass is 10.1. The Balaban J connectivity index is 2.21. The van der Waals surface area contributed by atoms with Crippen molar-refractivity contribution >= 4 is 5.91 Å². The van der Waals surface area contributed by atoms with Gasteiger partial charge in [-0.3, -0.25) is 4.79 Å². The van der Waals surface area contributed by atoms with Gasteiger partial charge in [0.15, 0.2) is 0 Å². The van der Waals surface area contributed by atoms with Crippen LogP contribution in [0.2, 0.25) is 0 Å². The Hall–Kier alpha value is -0.570. The summed E-state index contributed by atoms with van der Waals surface area (Å²) in [5.74, 6) is 0.753. The maximum absolute atomic E-state index is 11.0. The molecule has 1 unspecified atom stereocenters. The molecule has 1 rings (SSSR count). The van der Waals surface area contributed by atoms with Gasteiger partial charge in [-0.1, -0.05) is 0 Å². The number of carbonyl (C=O) groups is 1. The predicted octanol–water partition coefficient (Wildman–Crippen LogP) is 0.891. The Morgan fingerprint density at radius 2 is 2.42 bits per heavy atom. The van der Waals surface area contributed by atoms with E-state index in [0.717, 1.165) is 32.7 Å². The van der Waals surface area contributed by atoms with Gasteiger partial charge in [0.1, 0.15) is 0 Å². The van der Waals surface area contributed by atoms with Crippen LogP contribution in [-0.2, 0) is 9.53 Å². The first-order valence-electron chi connectivity index (χ1n) is 4.57. The molecule has 70 valence electrons. The zero-order valence-corrected chi connectivity index (χ0v) is 7.88. The maximum Gasteiger partial charge on any atom is 0.219 e. The molecule has 0 radical (unpaired) electrons. The average molecular weight is 171 g/mol. The Bertz CT molecular complexity index is 159.